The van der Waals surface area contributed by atoms with Gasteiger partial charge in [-0.2, -0.15) is 0 Å². The van der Waals surface area contributed by atoms with Gasteiger partial charge in [-0.25, -0.2) is 4.39 Å². The van der Waals surface area contributed by atoms with Gasteiger partial charge in [-0.1, -0.05) is 6.07 Å². The van der Waals surface area contributed by atoms with Crippen molar-refractivity contribution in [1.29, 1.82) is 0 Å². The van der Waals surface area contributed by atoms with Crippen LogP contribution in [0.2, 0.25) is 0 Å². The summed E-state index contributed by atoms with van der Waals surface area (Å²) in [5.74, 6) is -0.748. The van der Waals surface area contributed by atoms with Gasteiger partial charge in [-0.3, -0.25) is 14.9 Å². The van der Waals surface area contributed by atoms with E-state index in [4.69, 9.17) is 4.74 Å². The molecule has 0 saturated carbocycles. The van der Waals surface area contributed by atoms with Crippen LogP contribution in [0.1, 0.15) is 22.8 Å². The molecule has 2 aromatic rings. The lowest BCUT2D eigenvalue weighted by atomic mass is 10.1. The lowest BCUT2D eigenvalue weighted by Crippen LogP contribution is -2.01. The molecule has 2 aromatic carbocycles. The first-order chi connectivity index (χ1) is 9.90. The molecule has 0 unspecified atom stereocenters. The number of nitro groups is 1. The van der Waals surface area contributed by atoms with Gasteiger partial charge in [0.15, 0.2) is 5.78 Å². The average Bonchev–Trinajstić information content (AvgIpc) is 2.37. The third-order valence-corrected chi connectivity index (χ3v) is 2.92. The van der Waals surface area contributed by atoms with Crippen LogP contribution >= 0.6 is 0 Å². The molecule has 0 bridgehead atoms. The molecule has 0 radical (unpaired) electrons. The minimum atomic E-state index is -0.668. The SMILES string of the molecule is CC(=O)c1c(F)cccc1Oc1ccc([N+](=O)[O-])c(C)c1. The number of nitro benzene ring substituents is 1. The highest BCUT2D eigenvalue weighted by molar-refractivity contribution is 5.97. The minimum absolute atomic E-state index is 0.0339. The van der Waals surface area contributed by atoms with Gasteiger partial charge in [0.25, 0.3) is 5.69 Å². The largest absolute Gasteiger partial charge is 0.456 e. The number of hydrogen-bond acceptors (Lipinski definition) is 4. The van der Waals surface area contributed by atoms with Crippen LogP contribution in [-0.2, 0) is 0 Å². The molecule has 21 heavy (non-hydrogen) atoms. The van der Waals surface area contributed by atoms with Gasteiger partial charge in [-0.15, -0.1) is 0 Å². The fourth-order valence-electron chi connectivity index (χ4n) is 1.95. The van der Waals surface area contributed by atoms with Crippen molar-refractivity contribution in [2.75, 3.05) is 0 Å². The monoisotopic (exact) mass is 289 g/mol. The van der Waals surface area contributed by atoms with Crippen LogP contribution in [0.25, 0.3) is 0 Å². The Hall–Kier alpha value is -2.76. The van der Waals surface area contributed by atoms with E-state index in [0.29, 0.717) is 11.3 Å². The Balaban J connectivity index is 2.39. The highest BCUT2D eigenvalue weighted by atomic mass is 19.1. The van der Waals surface area contributed by atoms with Crippen LogP contribution in [0.15, 0.2) is 36.4 Å². The maximum absolute atomic E-state index is 13.7. The summed E-state index contributed by atoms with van der Waals surface area (Å²) in [7, 11) is 0. The summed E-state index contributed by atoms with van der Waals surface area (Å²) in [4.78, 5) is 21.7. The molecule has 5 nitrogen and oxygen atoms in total. The first kappa shape index (κ1) is 14.6. The number of nitrogens with zero attached hydrogens (tertiary/aromatic N) is 1. The van der Waals surface area contributed by atoms with E-state index in [1.165, 1.54) is 43.3 Å². The Morgan fingerprint density at radius 1 is 1.29 bits per heavy atom. The van der Waals surface area contributed by atoms with Gasteiger partial charge in [0.1, 0.15) is 17.3 Å². The maximum Gasteiger partial charge on any atom is 0.272 e. The second kappa shape index (κ2) is 5.70. The van der Waals surface area contributed by atoms with Crippen LogP contribution < -0.4 is 4.74 Å². The van der Waals surface area contributed by atoms with E-state index in [0.717, 1.165) is 0 Å². The zero-order chi connectivity index (χ0) is 15.6. The molecule has 0 amide bonds. The predicted molar refractivity (Wildman–Crippen MR) is 74.3 cm³/mol. The first-order valence-corrected chi connectivity index (χ1v) is 6.12. The number of Topliss-reactive ketones (excluding diaryl/α,β-unsaturated/α-hetero) is 1. The number of ketones is 1. The molecule has 2 rings (SSSR count). The fraction of sp³-hybridized carbons (Fsp3) is 0.133. The van der Waals surface area contributed by atoms with Gasteiger partial charge >= 0.3 is 0 Å². The van der Waals surface area contributed by atoms with Gasteiger partial charge in [-0.05, 0) is 38.1 Å². The highest BCUT2D eigenvalue weighted by Gasteiger charge is 2.16. The molecule has 0 heterocycles. The molecule has 0 spiro atoms. The Morgan fingerprint density at radius 2 is 2.00 bits per heavy atom. The van der Waals surface area contributed by atoms with Crippen molar-refractivity contribution in [2.45, 2.75) is 13.8 Å². The molecule has 0 N–H and O–H groups in total. The van der Waals surface area contributed by atoms with Crippen molar-refractivity contribution in [3.8, 4) is 11.5 Å². The van der Waals surface area contributed by atoms with Gasteiger partial charge in [0.05, 0.1) is 10.5 Å². The molecule has 0 aliphatic heterocycles. The third kappa shape index (κ3) is 3.05. The summed E-state index contributed by atoms with van der Waals surface area (Å²) in [6.07, 6.45) is 0. The molecule has 0 atom stereocenters. The van der Waals surface area contributed by atoms with E-state index in [1.54, 1.807) is 6.92 Å². The van der Waals surface area contributed by atoms with Crippen molar-refractivity contribution >= 4 is 11.5 Å². The fourth-order valence-corrected chi connectivity index (χ4v) is 1.95. The van der Waals surface area contributed by atoms with Crippen LogP contribution in [0.3, 0.4) is 0 Å². The third-order valence-electron chi connectivity index (χ3n) is 2.92. The second-order valence-corrected chi connectivity index (χ2v) is 4.48. The summed E-state index contributed by atoms with van der Waals surface area (Å²) in [5, 5.41) is 10.7. The minimum Gasteiger partial charge on any atom is -0.456 e. The van der Waals surface area contributed by atoms with Gasteiger partial charge in [0, 0.05) is 11.6 Å². The Bertz CT molecular complexity index is 728. The van der Waals surface area contributed by atoms with Crippen LogP contribution in [0, 0.1) is 22.9 Å². The Morgan fingerprint density at radius 3 is 2.57 bits per heavy atom. The Kier molecular flexibility index (Phi) is 3.98. The van der Waals surface area contributed by atoms with Crippen molar-refractivity contribution in [1.82, 2.24) is 0 Å². The highest BCUT2D eigenvalue weighted by Crippen LogP contribution is 2.30. The standard InChI is InChI=1S/C15H12FNO4/c1-9-8-11(6-7-13(9)17(19)20)21-14-5-3-4-12(16)15(14)10(2)18/h3-8H,1-2H3. The van der Waals surface area contributed by atoms with Crippen molar-refractivity contribution in [2.24, 2.45) is 0 Å². The Labute approximate surface area is 120 Å². The number of aryl methyl sites for hydroxylation is 1. The number of rotatable bonds is 4. The number of halogens is 1. The lowest BCUT2D eigenvalue weighted by molar-refractivity contribution is -0.385. The summed E-state index contributed by atoms with van der Waals surface area (Å²) in [6, 6.07) is 8.24. The quantitative estimate of drug-likeness (QED) is 0.484. The summed E-state index contributed by atoms with van der Waals surface area (Å²) >= 11 is 0. The molecular weight excluding hydrogens is 277 g/mol. The summed E-state index contributed by atoms with van der Waals surface area (Å²) < 4.78 is 19.1. The molecule has 6 heteroatoms. The van der Waals surface area contributed by atoms with Gasteiger partial charge < -0.3 is 4.74 Å². The summed E-state index contributed by atoms with van der Waals surface area (Å²) in [5.41, 5.74) is 0.236. The molecule has 0 aromatic heterocycles. The van der Waals surface area contributed by atoms with E-state index in [2.05, 4.69) is 0 Å². The van der Waals surface area contributed by atoms with E-state index in [9.17, 15) is 19.3 Å². The van der Waals surface area contributed by atoms with E-state index >= 15 is 0 Å². The van der Waals surface area contributed by atoms with Gasteiger partial charge in [0.2, 0.25) is 0 Å². The van der Waals surface area contributed by atoms with Crippen LogP contribution in [-0.4, -0.2) is 10.7 Å². The second-order valence-electron chi connectivity index (χ2n) is 4.48. The zero-order valence-corrected chi connectivity index (χ0v) is 11.4. The van der Waals surface area contributed by atoms with Crippen molar-refractivity contribution in [3.63, 3.8) is 0 Å². The molecule has 0 saturated heterocycles. The normalized spacial score (nSPS) is 10.2. The number of carbonyl (C=O) groups is 1. The van der Waals surface area contributed by atoms with Crippen molar-refractivity contribution in [3.05, 3.63) is 63.5 Å². The first-order valence-electron chi connectivity index (χ1n) is 6.12. The molecular formula is C15H12FNO4. The van der Waals surface area contributed by atoms with E-state index in [-0.39, 0.29) is 17.0 Å². The van der Waals surface area contributed by atoms with Crippen molar-refractivity contribution < 1.29 is 18.8 Å². The number of hydrogen-bond donors (Lipinski definition) is 0. The zero-order valence-electron chi connectivity index (χ0n) is 11.4. The van der Waals surface area contributed by atoms with E-state index in [1.807, 2.05) is 0 Å². The smallest absolute Gasteiger partial charge is 0.272 e. The molecule has 0 aliphatic carbocycles. The predicted octanol–water partition coefficient (Wildman–Crippen LogP) is 4.04. The molecule has 0 aliphatic rings. The molecule has 0 fully saturated rings. The van der Waals surface area contributed by atoms with E-state index < -0.39 is 16.5 Å². The number of carbonyl (C=O) groups excluding carboxylic acids is 1. The molecule has 108 valence electrons. The number of benzene rings is 2. The summed E-state index contributed by atoms with van der Waals surface area (Å²) in [6.45, 7) is 2.81. The maximum atomic E-state index is 13.7. The van der Waals surface area contributed by atoms with Crippen LogP contribution in [0.4, 0.5) is 10.1 Å². The van der Waals surface area contributed by atoms with Crippen LogP contribution in [0.5, 0.6) is 11.5 Å². The average molecular weight is 289 g/mol. The lowest BCUT2D eigenvalue weighted by Gasteiger charge is -2.10. The topological polar surface area (TPSA) is 69.4 Å². The number of ether oxygens (including phenoxy) is 1.